The molecule has 0 unspecified atom stereocenters. The number of nitrogens with zero attached hydrogens (tertiary/aromatic N) is 1. The fourth-order valence-corrected chi connectivity index (χ4v) is 4.19. The van der Waals surface area contributed by atoms with E-state index in [0.717, 1.165) is 11.1 Å². The largest absolute Gasteiger partial charge is 0.444 e. The van der Waals surface area contributed by atoms with E-state index in [1.54, 1.807) is 20.8 Å². The predicted molar refractivity (Wildman–Crippen MR) is 117 cm³/mol. The molecule has 0 aliphatic carbocycles. The van der Waals surface area contributed by atoms with E-state index in [-0.39, 0.29) is 24.2 Å². The van der Waals surface area contributed by atoms with Gasteiger partial charge in [-0.05, 0) is 38.3 Å². The maximum absolute atomic E-state index is 13.6. The molecule has 2 aromatic carbocycles. The van der Waals surface area contributed by atoms with Crippen LogP contribution in [0.1, 0.15) is 38.3 Å². The number of likely N-dealkylation sites (tertiary alicyclic amines) is 1. The van der Waals surface area contributed by atoms with E-state index in [9.17, 15) is 9.59 Å². The Morgan fingerprint density at radius 3 is 2.29 bits per heavy atom. The predicted octanol–water partition coefficient (Wildman–Crippen LogP) is 3.69. The second-order valence-electron chi connectivity index (χ2n) is 9.28. The zero-order valence-electron chi connectivity index (χ0n) is 18.3. The van der Waals surface area contributed by atoms with E-state index in [4.69, 9.17) is 9.47 Å². The Labute approximate surface area is 183 Å². The minimum Gasteiger partial charge on any atom is -0.444 e. The molecular weight excluding hydrogens is 392 g/mol. The van der Waals surface area contributed by atoms with E-state index in [2.05, 4.69) is 17.4 Å². The Morgan fingerprint density at radius 2 is 1.68 bits per heavy atom. The number of alkyl carbamates (subject to hydrolysis) is 1. The highest BCUT2D eigenvalue weighted by atomic mass is 16.6. The van der Waals surface area contributed by atoms with E-state index in [1.807, 2.05) is 53.4 Å². The van der Waals surface area contributed by atoms with Crippen LogP contribution in [-0.2, 0) is 27.2 Å². The molecule has 0 saturated carbocycles. The molecule has 1 N–H and O–H groups in total. The van der Waals surface area contributed by atoms with Gasteiger partial charge in [0.05, 0.1) is 12.1 Å². The van der Waals surface area contributed by atoms with Gasteiger partial charge in [0.25, 0.3) is 0 Å². The molecule has 2 amide bonds. The van der Waals surface area contributed by atoms with Crippen LogP contribution in [0.25, 0.3) is 0 Å². The highest BCUT2D eigenvalue weighted by Crippen LogP contribution is 2.38. The number of carbonyl (C=O) groups is 2. The van der Waals surface area contributed by atoms with Gasteiger partial charge in [0.15, 0.2) is 0 Å². The van der Waals surface area contributed by atoms with Gasteiger partial charge < -0.3 is 19.7 Å². The summed E-state index contributed by atoms with van der Waals surface area (Å²) in [7, 11) is 0. The smallest absolute Gasteiger partial charge is 0.408 e. The van der Waals surface area contributed by atoms with Crippen molar-refractivity contribution in [2.24, 2.45) is 0 Å². The Hall–Kier alpha value is -2.86. The number of rotatable bonds is 5. The summed E-state index contributed by atoms with van der Waals surface area (Å²) >= 11 is 0. The molecule has 2 aliphatic rings. The molecule has 164 valence electrons. The number of carbonyl (C=O) groups excluding carboxylic acids is 2. The summed E-state index contributed by atoms with van der Waals surface area (Å²) < 4.78 is 11.4. The molecule has 0 spiro atoms. The van der Waals surface area contributed by atoms with Gasteiger partial charge in [-0.2, -0.15) is 0 Å². The average molecular weight is 423 g/mol. The quantitative estimate of drug-likeness (QED) is 0.746. The van der Waals surface area contributed by atoms with Crippen molar-refractivity contribution in [3.05, 3.63) is 71.8 Å². The lowest BCUT2D eigenvalue weighted by Gasteiger charge is -2.33. The van der Waals surface area contributed by atoms with E-state index >= 15 is 0 Å². The molecule has 0 bridgehead atoms. The highest BCUT2D eigenvalue weighted by Gasteiger charge is 2.53. The standard InChI is InChI=1S/C25H30N2O4/c1-25(2,3)31-24(29)26-19-15-21-22(30-21)20(14-17-10-6-4-7-11-17)27(23(19)28)16-18-12-8-5-9-13-18/h4-13,19-22H,14-16H2,1-3H3,(H,26,29)/t19-,20-,21+,22-/m0/s1. The van der Waals surface area contributed by atoms with Gasteiger partial charge in [0.2, 0.25) is 5.91 Å². The minimum absolute atomic E-state index is 0.0293. The minimum atomic E-state index is -0.672. The third kappa shape index (κ3) is 5.44. The number of fused-ring (bicyclic) bond motifs is 1. The third-order valence-electron chi connectivity index (χ3n) is 5.62. The fourth-order valence-electron chi connectivity index (χ4n) is 4.19. The monoisotopic (exact) mass is 422 g/mol. The van der Waals surface area contributed by atoms with Crippen molar-refractivity contribution in [2.45, 2.75) is 70.1 Å². The topological polar surface area (TPSA) is 71.2 Å². The first-order valence-corrected chi connectivity index (χ1v) is 10.8. The van der Waals surface area contributed by atoms with Gasteiger partial charge >= 0.3 is 6.09 Å². The van der Waals surface area contributed by atoms with Crippen LogP contribution in [0.4, 0.5) is 4.79 Å². The summed E-state index contributed by atoms with van der Waals surface area (Å²) in [6.07, 6.45) is 0.514. The number of benzene rings is 2. The van der Waals surface area contributed by atoms with E-state index < -0.39 is 17.7 Å². The lowest BCUT2D eigenvalue weighted by Crippen LogP contribution is -2.52. The molecule has 2 fully saturated rings. The first kappa shape index (κ1) is 21.4. The van der Waals surface area contributed by atoms with Gasteiger partial charge in [-0.1, -0.05) is 60.7 Å². The van der Waals surface area contributed by atoms with Crippen molar-refractivity contribution in [2.75, 3.05) is 0 Å². The maximum Gasteiger partial charge on any atom is 0.408 e. The fraction of sp³-hybridized carbons (Fsp3) is 0.440. The van der Waals surface area contributed by atoms with Crippen molar-refractivity contribution >= 4 is 12.0 Å². The number of epoxide rings is 1. The van der Waals surface area contributed by atoms with Gasteiger partial charge in [-0.25, -0.2) is 4.79 Å². The number of hydrogen-bond donors (Lipinski definition) is 1. The number of amides is 2. The van der Waals surface area contributed by atoms with Crippen LogP contribution in [0.5, 0.6) is 0 Å². The van der Waals surface area contributed by atoms with Crippen LogP contribution >= 0.6 is 0 Å². The van der Waals surface area contributed by atoms with Crippen LogP contribution in [0.15, 0.2) is 60.7 Å². The molecule has 6 heteroatoms. The first-order chi connectivity index (χ1) is 14.8. The Kier molecular flexibility index (Phi) is 6.01. The molecule has 6 nitrogen and oxygen atoms in total. The summed E-state index contributed by atoms with van der Waals surface area (Å²) in [5, 5.41) is 2.79. The zero-order valence-corrected chi connectivity index (χ0v) is 18.3. The van der Waals surface area contributed by atoms with Crippen molar-refractivity contribution in [1.29, 1.82) is 0 Å². The molecule has 2 saturated heterocycles. The van der Waals surface area contributed by atoms with Crippen molar-refractivity contribution < 1.29 is 19.1 Å². The van der Waals surface area contributed by atoms with Crippen LogP contribution in [-0.4, -0.2) is 46.8 Å². The third-order valence-corrected chi connectivity index (χ3v) is 5.62. The van der Waals surface area contributed by atoms with Gasteiger partial charge in [-0.15, -0.1) is 0 Å². The molecule has 0 aromatic heterocycles. The van der Waals surface area contributed by atoms with Crippen LogP contribution in [0.3, 0.4) is 0 Å². The van der Waals surface area contributed by atoms with E-state index in [0.29, 0.717) is 19.4 Å². The SMILES string of the molecule is CC(C)(C)OC(=O)N[C@H]1C[C@H]2O[C@H]2[C@H](Cc2ccccc2)N(Cc2ccccc2)C1=O. The number of hydrogen-bond acceptors (Lipinski definition) is 4. The number of nitrogens with one attached hydrogen (secondary N) is 1. The summed E-state index contributed by atoms with van der Waals surface area (Å²) in [4.78, 5) is 27.9. The summed E-state index contributed by atoms with van der Waals surface area (Å²) in [5.41, 5.74) is 1.57. The van der Waals surface area contributed by atoms with Crippen molar-refractivity contribution in [1.82, 2.24) is 10.2 Å². The zero-order chi connectivity index (χ0) is 22.0. The Balaban J connectivity index is 1.58. The van der Waals surface area contributed by atoms with Crippen molar-refractivity contribution in [3.63, 3.8) is 0 Å². The van der Waals surface area contributed by atoms with Gasteiger partial charge in [-0.3, -0.25) is 4.79 Å². The molecular formula is C25H30N2O4. The highest BCUT2D eigenvalue weighted by molar-refractivity contribution is 5.86. The maximum atomic E-state index is 13.6. The second kappa shape index (κ2) is 8.71. The number of ether oxygens (including phenoxy) is 2. The van der Waals surface area contributed by atoms with Gasteiger partial charge in [0, 0.05) is 13.0 Å². The summed E-state index contributed by atoms with van der Waals surface area (Å²) in [5.74, 6) is -0.0913. The van der Waals surface area contributed by atoms with E-state index in [1.165, 1.54) is 0 Å². The van der Waals surface area contributed by atoms with Crippen LogP contribution < -0.4 is 5.32 Å². The second-order valence-corrected chi connectivity index (χ2v) is 9.28. The van der Waals surface area contributed by atoms with Crippen LogP contribution in [0, 0.1) is 0 Å². The Bertz CT molecular complexity index is 910. The van der Waals surface area contributed by atoms with Gasteiger partial charge in [0.1, 0.15) is 17.7 Å². The molecule has 0 radical (unpaired) electrons. The lowest BCUT2D eigenvalue weighted by atomic mass is 10.00. The molecule has 31 heavy (non-hydrogen) atoms. The molecule has 2 aliphatic heterocycles. The van der Waals surface area contributed by atoms with Crippen molar-refractivity contribution in [3.8, 4) is 0 Å². The lowest BCUT2D eigenvalue weighted by molar-refractivity contribution is -0.137. The Morgan fingerprint density at radius 1 is 1.06 bits per heavy atom. The molecule has 4 atom stereocenters. The molecule has 4 rings (SSSR count). The first-order valence-electron chi connectivity index (χ1n) is 10.8. The molecule has 2 aromatic rings. The summed E-state index contributed by atoms with van der Waals surface area (Å²) in [6, 6.07) is 19.3. The molecule has 2 heterocycles. The van der Waals surface area contributed by atoms with Crippen LogP contribution in [0.2, 0.25) is 0 Å². The summed E-state index contributed by atoms with van der Waals surface area (Å²) in [6.45, 7) is 5.88. The average Bonchev–Trinajstić information content (AvgIpc) is 3.49. The normalized spacial score (nSPS) is 25.4.